The molecule has 1 amide bonds. The van der Waals surface area contributed by atoms with Gasteiger partial charge in [-0.15, -0.1) is 11.3 Å². The van der Waals surface area contributed by atoms with Gasteiger partial charge in [-0.25, -0.2) is 9.59 Å². The first kappa shape index (κ1) is 25.7. The van der Waals surface area contributed by atoms with Crippen LogP contribution in [0, 0.1) is 11.8 Å². The number of nitrogens with zero attached hydrogens (tertiary/aromatic N) is 1. The predicted octanol–water partition coefficient (Wildman–Crippen LogP) is 5.66. The number of carbonyl (C=O) groups excluding carboxylic acids is 2. The van der Waals surface area contributed by atoms with Crippen LogP contribution < -0.4 is 0 Å². The van der Waals surface area contributed by atoms with Crippen LogP contribution >= 0.6 is 11.3 Å². The highest BCUT2D eigenvalue weighted by Crippen LogP contribution is 2.51. The maximum atomic E-state index is 13.7. The molecule has 2 heterocycles. The van der Waals surface area contributed by atoms with Gasteiger partial charge in [0.25, 0.3) is 0 Å². The Morgan fingerprint density at radius 3 is 2.35 bits per heavy atom. The van der Waals surface area contributed by atoms with Crippen molar-refractivity contribution in [3.63, 3.8) is 0 Å². The van der Waals surface area contributed by atoms with Gasteiger partial charge in [0.2, 0.25) is 0 Å². The van der Waals surface area contributed by atoms with Gasteiger partial charge in [-0.1, -0.05) is 50.2 Å². The van der Waals surface area contributed by atoms with Crippen LogP contribution in [0.2, 0.25) is 0 Å². The zero-order valence-corrected chi connectivity index (χ0v) is 21.1. The average molecular weight is 488 g/mol. The number of amides is 1. The fourth-order valence-corrected chi connectivity index (χ4v) is 5.48. The first-order chi connectivity index (χ1) is 15.9. The summed E-state index contributed by atoms with van der Waals surface area (Å²) in [6, 6.07) is 12.0. The van der Waals surface area contributed by atoms with Crippen LogP contribution in [0.25, 0.3) is 0 Å². The fraction of sp³-hybridized carbons (Fsp3) is 0.500. The van der Waals surface area contributed by atoms with E-state index in [1.807, 2.05) is 55.6 Å². The third-order valence-electron chi connectivity index (χ3n) is 5.76. The first-order valence-electron chi connectivity index (χ1n) is 11.4. The summed E-state index contributed by atoms with van der Waals surface area (Å²) in [6.07, 6.45) is -0.510. The lowest BCUT2D eigenvalue weighted by Gasteiger charge is -2.40. The fourth-order valence-electron chi connectivity index (χ4n) is 4.60. The van der Waals surface area contributed by atoms with E-state index in [0.29, 0.717) is 4.88 Å². The van der Waals surface area contributed by atoms with Crippen LogP contribution in [0.4, 0.5) is 4.79 Å². The van der Waals surface area contributed by atoms with Crippen molar-refractivity contribution in [3.8, 4) is 0 Å². The van der Waals surface area contributed by atoms with E-state index < -0.39 is 41.1 Å². The standard InChI is InChI=1S/C26H33NO6S/c1-17(2)14-26(23(30)33-25(3,4)5)15-19(22(28)29)21(20-12-9-13-34-20)27(26)24(31)32-16-18-10-7-6-8-11-18/h6-13,17,19,21H,14-16H2,1-5H3,(H,28,29)/t19-,21-,26+/m0/s1. The monoisotopic (exact) mass is 487 g/mol. The van der Waals surface area contributed by atoms with E-state index in [1.165, 1.54) is 16.2 Å². The lowest BCUT2D eigenvalue weighted by Crippen LogP contribution is -2.56. The van der Waals surface area contributed by atoms with Crippen LogP contribution in [0.1, 0.15) is 63.9 Å². The summed E-state index contributed by atoms with van der Waals surface area (Å²) in [4.78, 5) is 41.9. The van der Waals surface area contributed by atoms with Crippen LogP contribution in [0.3, 0.4) is 0 Å². The molecule has 0 bridgehead atoms. The molecule has 2 aromatic rings. The highest BCUT2D eigenvalue weighted by molar-refractivity contribution is 7.10. The Labute approximate surface area is 204 Å². The Morgan fingerprint density at radius 2 is 1.82 bits per heavy atom. The Balaban J connectivity index is 2.10. The average Bonchev–Trinajstić information content (AvgIpc) is 3.38. The largest absolute Gasteiger partial charge is 0.481 e. The predicted molar refractivity (Wildman–Crippen MR) is 129 cm³/mol. The number of hydrogen-bond acceptors (Lipinski definition) is 6. The van der Waals surface area contributed by atoms with Crippen molar-refractivity contribution < 1.29 is 29.0 Å². The molecule has 3 rings (SSSR count). The van der Waals surface area contributed by atoms with Crippen molar-refractivity contribution >= 4 is 29.4 Å². The van der Waals surface area contributed by atoms with Gasteiger partial charge < -0.3 is 14.6 Å². The SMILES string of the molecule is CC(C)C[C@]1(C(=O)OC(C)(C)C)C[C@H](C(=O)O)[C@@H](c2cccs2)N1C(=O)OCc1ccccc1. The van der Waals surface area contributed by atoms with Crippen molar-refractivity contribution in [1.82, 2.24) is 4.90 Å². The lowest BCUT2D eigenvalue weighted by atomic mass is 9.83. The normalized spacial score (nSPS) is 22.6. The molecule has 1 aliphatic heterocycles. The number of carboxylic acids is 1. The Morgan fingerprint density at radius 1 is 1.15 bits per heavy atom. The summed E-state index contributed by atoms with van der Waals surface area (Å²) in [6.45, 7) is 9.16. The van der Waals surface area contributed by atoms with Gasteiger partial charge >= 0.3 is 18.0 Å². The lowest BCUT2D eigenvalue weighted by molar-refractivity contribution is -0.169. The van der Waals surface area contributed by atoms with E-state index in [1.54, 1.807) is 26.8 Å². The van der Waals surface area contributed by atoms with E-state index in [2.05, 4.69) is 0 Å². The molecule has 0 aliphatic carbocycles. The number of carboxylic acid groups (broad SMARTS) is 1. The smallest absolute Gasteiger partial charge is 0.411 e. The zero-order valence-electron chi connectivity index (χ0n) is 20.3. The number of esters is 1. The minimum Gasteiger partial charge on any atom is -0.481 e. The van der Waals surface area contributed by atoms with Gasteiger partial charge in [-0.2, -0.15) is 0 Å². The quantitative estimate of drug-likeness (QED) is 0.507. The molecule has 1 aromatic carbocycles. The molecular weight excluding hydrogens is 454 g/mol. The second-order valence-electron chi connectivity index (χ2n) is 10.2. The van der Waals surface area contributed by atoms with Gasteiger partial charge in [-0.05, 0) is 56.5 Å². The van der Waals surface area contributed by atoms with Crippen LogP contribution in [0.5, 0.6) is 0 Å². The Kier molecular flexibility index (Phi) is 7.70. The van der Waals surface area contributed by atoms with Gasteiger partial charge in [-0.3, -0.25) is 9.69 Å². The number of benzene rings is 1. The van der Waals surface area contributed by atoms with E-state index in [9.17, 15) is 19.5 Å². The number of carbonyl (C=O) groups is 3. The van der Waals surface area contributed by atoms with Crippen molar-refractivity contribution in [1.29, 1.82) is 0 Å². The van der Waals surface area contributed by atoms with Crippen molar-refractivity contribution in [2.45, 2.75) is 71.2 Å². The van der Waals surface area contributed by atoms with Crippen LogP contribution in [0.15, 0.2) is 47.8 Å². The van der Waals surface area contributed by atoms with Gasteiger partial charge in [0.1, 0.15) is 17.7 Å². The number of ether oxygens (including phenoxy) is 2. The van der Waals surface area contributed by atoms with E-state index in [4.69, 9.17) is 9.47 Å². The number of rotatable bonds is 7. The number of likely N-dealkylation sites (tertiary alicyclic amines) is 1. The van der Waals surface area contributed by atoms with Crippen LogP contribution in [-0.2, 0) is 25.7 Å². The molecule has 1 saturated heterocycles. The van der Waals surface area contributed by atoms with Gasteiger partial charge in [0.05, 0.1) is 12.0 Å². The second-order valence-corrected chi connectivity index (χ2v) is 11.1. The summed E-state index contributed by atoms with van der Waals surface area (Å²) < 4.78 is 11.5. The van der Waals surface area contributed by atoms with E-state index >= 15 is 0 Å². The molecule has 1 fully saturated rings. The molecule has 3 atom stereocenters. The zero-order chi connectivity index (χ0) is 25.1. The molecule has 1 aromatic heterocycles. The molecule has 7 nitrogen and oxygen atoms in total. The number of aliphatic carboxylic acids is 1. The molecule has 0 radical (unpaired) electrons. The van der Waals surface area contributed by atoms with Gasteiger partial charge in [0, 0.05) is 4.88 Å². The van der Waals surface area contributed by atoms with Crippen molar-refractivity contribution in [2.24, 2.45) is 11.8 Å². The molecule has 34 heavy (non-hydrogen) atoms. The minimum atomic E-state index is -1.47. The molecule has 0 spiro atoms. The number of thiophene rings is 1. The third kappa shape index (κ3) is 5.60. The van der Waals surface area contributed by atoms with E-state index in [0.717, 1.165) is 5.56 Å². The van der Waals surface area contributed by atoms with Crippen LogP contribution in [-0.4, -0.2) is 39.2 Å². The first-order valence-corrected chi connectivity index (χ1v) is 12.3. The molecular formula is C26H33NO6S. The highest BCUT2D eigenvalue weighted by Gasteiger charge is 2.62. The second kappa shape index (κ2) is 10.2. The Hall–Kier alpha value is -2.87. The van der Waals surface area contributed by atoms with Gasteiger partial charge in [0.15, 0.2) is 0 Å². The topological polar surface area (TPSA) is 93.1 Å². The molecule has 1 N–H and O–H groups in total. The molecule has 0 unspecified atom stereocenters. The Bertz CT molecular complexity index is 998. The third-order valence-corrected chi connectivity index (χ3v) is 6.70. The summed E-state index contributed by atoms with van der Waals surface area (Å²) in [5, 5.41) is 12.0. The highest BCUT2D eigenvalue weighted by atomic mass is 32.1. The maximum Gasteiger partial charge on any atom is 0.411 e. The van der Waals surface area contributed by atoms with Crippen molar-refractivity contribution in [3.05, 3.63) is 58.3 Å². The number of hydrogen-bond donors (Lipinski definition) is 1. The van der Waals surface area contributed by atoms with Crippen molar-refractivity contribution in [2.75, 3.05) is 0 Å². The van der Waals surface area contributed by atoms with E-state index in [-0.39, 0.29) is 25.4 Å². The summed E-state index contributed by atoms with van der Waals surface area (Å²) in [7, 11) is 0. The minimum absolute atomic E-state index is 0.00604. The molecule has 0 saturated carbocycles. The maximum absolute atomic E-state index is 13.7. The summed E-state index contributed by atoms with van der Waals surface area (Å²) >= 11 is 1.36. The molecule has 8 heteroatoms. The summed E-state index contributed by atoms with van der Waals surface area (Å²) in [5.41, 5.74) is -1.47. The summed E-state index contributed by atoms with van der Waals surface area (Å²) in [5.74, 6) is -2.65. The molecule has 184 valence electrons. The molecule has 1 aliphatic rings.